The predicted molar refractivity (Wildman–Crippen MR) is 140 cm³/mol. The first-order valence-corrected chi connectivity index (χ1v) is 12.7. The number of ether oxygens (including phenoxy) is 1. The van der Waals surface area contributed by atoms with Gasteiger partial charge >= 0.3 is 0 Å². The van der Waals surface area contributed by atoms with E-state index in [0.29, 0.717) is 0 Å². The molecule has 2 atom stereocenters. The molecule has 0 saturated heterocycles. The fourth-order valence-corrected chi connectivity index (χ4v) is 3.37. The van der Waals surface area contributed by atoms with Crippen LogP contribution in [0.2, 0.25) is 0 Å². The van der Waals surface area contributed by atoms with Crippen LogP contribution in [-0.4, -0.2) is 60.9 Å². The van der Waals surface area contributed by atoms with Crippen molar-refractivity contribution < 1.29 is 9.53 Å². The Kier molecular flexibility index (Phi) is 20.8. The number of hydrogen-bond acceptors (Lipinski definition) is 5. The highest BCUT2D eigenvalue weighted by Gasteiger charge is 2.33. The largest absolute Gasteiger partial charge is 0.494 e. The number of hydrogen-bond donors (Lipinski definition) is 1. The van der Waals surface area contributed by atoms with Gasteiger partial charge < -0.3 is 15.0 Å². The van der Waals surface area contributed by atoms with Crippen molar-refractivity contribution in [1.29, 1.82) is 0 Å². The van der Waals surface area contributed by atoms with Gasteiger partial charge in [-0.1, -0.05) is 60.2 Å². The SMILES string of the molecule is CC.CC.CCCNC(=O)C1SC(c2ccc(OCCC)cc2)=NC1C.CCN(C)C. The normalized spacial score (nSPS) is 16.5. The van der Waals surface area contributed by atoms with Gasteiger partial charge in [0.1, 0.15) is 11.0 Å². The standard InChI is InChI=1S/C17H24N2O2S.C4H11N.2C2H6/c1-4-10-18-16(20)15-12(3)19-17(22-15)13-6-8-14(9-7-13)21-11-5-2;1-4-5(2)3;2*1-2/h6-9,12,15H,4-5,10-11H2,1-3H3,(H,18,20);4H2,1-3H3;2*1-2H3. The lowest BCUT2D eigenvalue weighted by Crippen LogP contribution is -2.37. The first-order valence-electron chi connectivity index (χ1n) is 11.8. The fraction of sp³-hybridized carbons (Fsp3) is 0.680. The smallest absolute Gasteiger partial charge is 0.235 e. The van der Waals surface area contributed by atoms with Crippen LogP contribution in [0.3, 0.4) is 0 Å². The molecule has 1 N–H and O–H groups in total. The van der Waals surface area contributed by atoms with Crippen molar-refractivity contribution >= 4 is 22.7 Å². The molecule has 6 heteroatoms. The number of rotatable bonds is 8. The van der Waals surface area contributed by atoms with E-state index in [-0.39, 0.29) is 17.2 Å². The molecule has 1 aromatic rings. The van der Waals surface area contributed by atoms with Crippen molar-refractivity contribution in [3.8, 4) is 5.75 Å². The molecule has 2 unspecified atom stereocenters. The van der Waals surface area contributed by atoms with E-state index in [0.717, 1.165) is 48.9 Å². The number of carbonyl (C=O) groups excluding carboxylic acids is 1. The molecule has 1 aliphatic heterocycles. The van der Waals surface area contributed by atoms with Gasteiger partial charge in [0.2, 0.25) is 5.91 Å². The van der Waals surface area contributed by atoms with Crippen LogP contribution >= 0.6 is 11.8 Å². The van der Waals surface area contributed by atoms with E-state index in [4.69, 9.17) is 4.74 Å². The van der Waals surface area contributed by atoms with E-state index in [1.54, 1.807) is 11.8 Å². The maximum Gasteiger partial charge on any atom is 0.235 e. The lowest BCUT2D eigenvalue weighted by molar-refractivity contribution is -0.120. The molecule has 0 fully saturated rings. The summed E-state index contributed by atoms with van der Waals surface area (Å²) in [6.45, 7) is 18.8. The van der Waals surface area contributed by atoms with Crippen LogP contribution in [0.25, 0.3) is 0 Å². The van der Waals surface area contributed by atoms with E-state index < -0.39 is 0 Å². The van der Waals surface area contributed by atoms with Crippen LogP contribution in [0.15, 0.2) is 29.3 Å². The van der Waals surface area contributed by atoms with Gasteiger partial charge in [0.15, 0.2) is 0 Å². The third-order valence-corrected chi connectivity index (χ3v) is 5.44. The molecule has 0 aliphatic carbocycles. The summed E-state index contributed by atoms with van der Waals surface area (Å²) in [6, 6.07) is 7.95. The van der Waals surface area contributed by atoms with Gasteiger partial charge in [0, 0.05) is 12.1 Å². The summed E-state index contributed by atoms with van der Waals surface area (Å²) in [5, 5.41) is 3.76. The lowest BCUT2D eigenvalue weighted by Gasteiger charge is -2.12. The average Bonchev–Trinajstić information content (AvgIpc) is 3.21. The Hall–Kier alpha value is -1.53. The monoisotopic (exact) mass is 453 g/mol. The molecular formula is C25H47N3O2S. The van der Waals surface area contributed by atoms with Gasteiger partial charge in [-0.25, -0.2) is 0 Å². The minimum Gasteiger partial charge on any atom is -0.494 e. The van der Waals surface area contributed by atoms with Crippen LogP contribution in [0.1, 0.15) is 73.8 Å². The predicted octanol–water partition coefficient (Wildman–Crippen LogP) is 5.87. The molecular weight excluding hydrogens is 406 g/mol. The van der Waals surface area contributed by atoms with Crippen LogP contribution in [0.4, 0.5) is 0 Å². The molecule has 31 heavy (non-hydrogen) atoms. The summed E-state index contributed by atoms with van der Waals surface area (Å²) in [5.74, 6) is 0.959. The van der Waals surface area contributed by atoms with Crippen LogP contribution in [-0.2, 0) is 4.79 Å². The second-order valence-corrected chi connectivity index (χ2v) is 7.90. The highest BCUT2D eigenvalue weighted by atomic mass is 32.2. The molecule has 1 heterocycles. The minimum absolute atomic E-state index is 0.00729. The van der Waals surface area contributed by atoms with Crippen LogP contribution in [0, 0.1) is 0 Å². The quantitative estimate of drug-likeness (QED) is 0.534. The third kappa shape index (κ3) is 13.5. The molecule has 0 saturated carbocycles. The maximum atomic E-state index is 12.1. The molecule has 0 bridgehead atoms. The Bertz CT molecular complexity index is 589. The second kappa shape index (κ2) is 20.4. The molecule has 5 nitrogen and oxygen atoms in total. The minimum atomic E-state index is -0.127. The molecule has 1 amide bonds. The van der Waals surface area contributed by atoms with Gasteiger partial charge in [0.05, 0.1) is 17.7 Å². The van der Waals surface area contributed by atoms with Crippen LogP contribution in [0.5, 0.6) is 5.75 Å². The number of aliphatic imine (C=N–C) groups is 1. The van der Waals surface area contributed by atoms with Crippen molar-refractivity contribution in [2.24, 2.45) is 4.99 Å². The average molecular weight is 454 g/mol. The first kappa shape index (κ1) is 31.7. The van der Waals surface area contributed by atoms with Crippen molar-refractivity contribution in [2.45, 2.75) is 79.5 Å². The number of nitrogens with one attached hydrogen (secondary N) is 1. The van der Waals surface area contributed by atoms with E-state index in [1.807, 2.05) is 58.9 Å². The number of thioether (sulfide) groups is 1. The Balaban J connectivity index is 0. The fourth-order valence-electron chi connectivity index (χ4n) is 2.18. The summed E-state index contributed by atoms with van der Waals surface area (Å²) in [6.07, 6.45) is 1.95. The lowest BCUT2D eigenvalue weighted by atomic mass is 10.2. The molecule has 0 aromatic heterocycles. The van der Waals surface area contributed by atoms with Gasteiger partial charge in [0.25, 0.3) is 0 Å². The van der Waals surface area contributed by atoms with E-state index >= 15 is 0 Å². The Labute approximate surface area is 196 Å². The molecule has 1 aliphatic rings. The zero-order chi connectivity index (χ0) is 24.2. The highest BCUT2D eigenvalue weighted by Crippen LogP contribution is 2.31. The molecule has 180 valence electrons. The Morgan fingerprint density at radius 3 is 2.06 bits per heavy atom. The van der Waals surface area contributed by atoms with Crippen molar-refractivity contribution in [2.75, 3.05) is 33.8 Å². The van der Waals surface area contributed by atoms with Gasteiger partial charge in [-0.05, 0) is 64.7 Å². The molecule has 0 radical (unpaired) electrons. The Morgan fingerprint density at radius 2 is 1.61 bits per heavy atom. The van der Waals surface area contributed by atoms with Gasteiger partial charge in [-0.2, -0.15) is 0 Å². The number of amides is 1. The zero-order valence-corrected chi connectivity index (χ0v) is 22.4. The maximum absolute atomic E-state index is 12.1. The third-order valence-electron chi connectivity index (χ3n) is 4.01. The molecule has 0 spiro atoms. The topological polar surface area (TPSA) is 53.9 Å². The summed E-state index contributed by atoms with van der Waals surface area (Å²) < 4.78 is 5.59. The summed E-state index contributed by atoms with van der Waals surface area (Å²) in [4.78, 5) is 18.9. The van der Waals surface area contributed by atoms with Gasteiger partial charge in [-0.3, -0.25) is 9.79 Å². The van der Waals surface area contributed by atoms with Crippen molar-refractivity contribution in [3.05, 3.63) is 29.8 Å². The zero-order valence-electron chi connectivity index (χ0n) is 21.6. The number of nitrogens with zero attached hydrogens (tertiary/aromatic N) is 2. The molecule has 2 rings (SSSR count). The first-order chi connectivity index (χ1) is 14.9. The highest BCUT2D eigenvalue weighted by molar-refractivity contribution is 8.15. The van der Waals surface area contributed by atoms with E-state index in [2.05, 4.69) is 50.1 Å². The second-order valence-electron chi connectivity index (χ2n) is 6.77. The number of benzene rings is 1. The summed E-state index contributed by atoms with van der Waals surface area (Å²) in [5.41, 5.74) is 1.05. The number of carbonyl (C=O) groups is 1. The molecule has 1 aromatic carbocycles. The van der Waals surface area contributed by atoms with E-state index in [1.165, 1.54) is 0 Å². The van der Waals surface area contributed by atoms with Crippen LogP contribution < -0.4 is 10.1 Å². The van der Waals surface area contributed by atoms with Gasteiger partial charge in [-0.15, -0.1) is 0 Å². The van der Waals surface area contributed by atoms with Crippen molar-refractivity contribution in [3.63, 3.8) is 0 Å². The van der Waals surface area contributed by atoms with E-state index in [9.17, 15) is 4.79 Å². The Morgan fingerprint density at radius 1 is 1.06 bits per heavy atom. The van der Waals surface area contributed by atoms with Crippen molar-refractivity contribution in [1.82, 2.24) is 10.2 Å². The summed E-state index contributed by atoms with van der Waals surface area (Å²) >= 11 is 1.55. The summed E-state index contributed by atoms with van der Waals surface area (Å²) in [7, 11) is 4.11.